The Morgan fingerprint density at radius 3 is 2.81 bits per heavy atom. The maximum atomic E-state index is 6.19. The Bertz CT molecular complexity index is 796. The number of ether oxygens (including phenoxy) is 2. The van der Waals surface area contributed by atoms with E-state index in [0.717, 1.165) is 11.1 Å². The van der Waals surface area contributed by atoms with E-state index in [0.29, 0.717) is 34.8 Å². The van der Waals surface area contributed by atoms with E-state index in [-0.39, 0.29) is 0 Å². The highest BCUT2D eigenvalue weighted by atomic mass is 35.5. The lowest BCUT2D eigenvalue weighted by Crippen LogP contribution is -2.31. The van der Waals surface area contributed by atoms with Crippen LogP contribution in [0.2, 0.25) is 5.02 Å². The molecule has 0 radical (unpaired) electrons. The molecule has 0 spiro atoms. The van der Waals surface area contributed by atoms with E-state index in [1.165, 1.54) is 0 Å². The van der Waals surface area contributed by atoms with Crippen molar-refractivity contribution in [1.82, 2.24) is 10.7 Å². The van der Waals surface area contributed by atoms with E-state index in [2.05, 4.69) is 22.4 Å². The minimum Gasteiger partial charge on any atom is -0.493 e. The van der Waals surface area contributed by atoms with Crippen LogP contribution in [0.1, 0.15) is 11.1 Å². The summed E-state index contributed by atoms with van der Waals surface area (Å²) in [7, 11) is 1.59. The summed E-state index contributed by atoms with van der Waals surface area (Å²) >= 11 is 11.3. The fraction of sp³-hybridized carbons (Fsp3) is 0.158. The summed E-state index contributed by atoms with van der Waals surface area (Å²) in [6, 6.07) is 13.1. The molecule has 2 aromatic rings. The highest BCUT2D eigenvalue weighted by Gasteiger charge is 2.10. The highest BCUT2D eigenvalue weighted by molar-refractivity contribution is 7.80. The molecule has 0 aliphatic carbocycles. The van der Waals surface area contributed by atoms with Gasteiger partial charge >= 0.3 is 0 Å². The van der Waals surface area contributed by atoms with Crippen LogP contribution in [0.3, 0.4) is 0 Å². The first kappa shape index (κ1) is 19.8. The van der Waals surface area contributed by atoms with Crippen molar-refractivity contribution in [2.45, 2.75) is 6.61 Å². The van der Waals surface area contributed by atoms with Crippen molar-refractivity contribution in [3.05, 3.63) is 71.3 Å². The number of hydrogen-bond acceptors (Lipinski definition) is 4. The number of halogens is 1. The number of para-hydroxylation sites is 1. The molecule has 2 N–H and O–H groups in total. The van der Waals surface area contributed by atoms with E-state index < -0.39 is 0 Å². The number of hydrazone groups is 1. The normalized spacial score (nSPS) is 10.4. The number of methoxy groups -OCH3 is 1. The van der Waals surface area contributed by atoms with Crippen molar-refractivity contribution in [1.29, 1.82) is 0 Å². The highest BCUT2D eigenvalue weighted by Crippen LogP contribution is 2.31. The molecule has 0 amide bonds. The molecule has 0 unspecified atom stereocenters. The Morgan fingerprint density at radius 1 is 1.27 bits per heavy atom. The molecule has 0 heterocycles. The average molecular weight is 390 g/mol. The zero-order chi connectivity index (χ0) is 18.8. The molecule has 0 aliphatic heterocycles. The zero-order valence-corrected chi connectivity index (χ0v) is 15.9. The molecule has 0 aliphatic rings. The summed E-state index contributed by atoms with van der Waals surface area (Å²) in [5.41, 5.74) is 4.37. The van der Waals surface area contributed by atoms with Gasteiger partial charge in [0.1, 0.15) is 6.61 Å². The second-order valence-electron chi connectivity index (χ2n) is 5.13. The topological polar surface area (TPSA) is 54.9 Å². The molecule has 2 rings (SSSR count). The van der Waals surface area contributed by atoms with Crippen molar-refractivity contribution in [3.8, 4) is 11.5 Å². The smallest absolute Gasteiger partial charge is 0.187 e. The van der Waals surface area contributed by atoms with Gasteiger partial charge in [-0.05, 0) is 30.4 Å². The van der Waals surface area contributed by atoms with Crippen molar-refractivity contribution >= 4 is 35.1 Å². The fourth-order valence-corrected chi connectivity index (χ4v) is 2.41. The number of nitrogens with zero attached hydrogens (tertiary/aromatic N) is 1. The van der Waals surface area contributed by atoms with Crippen LogP contribution in [0.15, 0.2) is 60.2 Å². The molecule has 136 valence electrons. The average Bonchev–Trinajstić information content (AvgIpc) is 2.66. The van der Waals surface area contributed by atoms with Crippen LogP contribution in [0.5, 0.6) is 11.5 Å². The first-order valence-corrected chi connectivity index (χ1v) is 8.65. The third-order valence-corrected chi connectivity index (χ3v) is 3.94. The van der Waals surface area contributed by atoms with Gasteiger partial charge in [-0.3, -0.25) is 5.43 Å². The zero-order valence-electron chi connectivity index (χ0n) is 14.4. The lowest BCUT2D eigenvalue weighted by atomic mass is 10.2. The second kappa shape index (κ2) is 10.4. The molecule has 26 heavy (non-hydrogen) atoms. The number of hydrogen-bond donors (Lipinski definition) is 2. The molecule has 0 atom stereocenters. The van der Waals surface area contributed by atoms with Crippen LogP contribution in [0.4, 0.5) is 0 Å². The lowest BCUT2D eigenvalue weighted by Gasteiger charge is -2.14. The molecule has 7 heteroatoms. The van der Waals surface area contributed by atoms with Crippen molar-refractivity contribution in [3.63, 3.8) is 0 Å². The SMILES string of the molecule is C=CCNC(=S)NN=Cc1cccc(OC)c1OCc1ccccc1Cl. The lowest BCUT2D eigenvalue weighted by molar-refractivity contribution is 0.284. The van der Waals surface area contributed by atoms with Crippen molar-refractivity contribution in [2.24, 2.45) is 5.10 Å². The second-order valence-corrected chi connectivity index (χ2v) is 5.94. The Kier molecular flexibility index (Phi) is 7.92. The standard InChI is InChI=1S/C19H20ClN3O2S/c1-3-11-21-19(26)23-22-12-14-8-6-10-17(24-2)18(14)25-13-15-7-4-5-9-16(15)20/h3-10,12H,1,11,13H2,2H3,(H2,21,23,26). The first-order chi connectivity index (χ1) is 12.7. The number of rotatable bonds is 8. The third kappa shape index (κ3) is 5.75. The maximum Gasteiger partial charge on any atom is 0.187 e. The van der Waals surface area contributed by atoms with Gasteiger partial charge in [-0.15, -0.1) is 6.58 Å². The number of nitrogens with one attached hydrogen (secondary N) is 2. The van der Waals surface area contributed by atoms with Crippen molar-refractivity contribution < 1.29 is 9.47 Å². The van der Waals surface area contributed by atoms with Gasteiger partial charge in [-0.2, -0.15) is 5.10 Å². The van der Waals surface area contributed by atoms with Crippen LogP contribution in [0.25, 0.3) is 0 Å². The molecule has 0 aromatic heterocycles. The minimum atomic E-state index is 0.313. The first-order valence-electron chi connectivity index (χ1n) is 7.86. The summed E-state index contributed by atoms with van der Waals surface area (Å²) in [6.07, 6.45) is 3.33. The van der Waals surface area contributed by atoms with Gasteiger partial charge in [0, 0.05) is 22.7 Å². The Hall–Kier alpha value is -2.57. The van der Waals surface area contributed by atoms with Crippen LogP contribution >= 0.6 is 23.8 Å². The molecular formula is C19H20ClN3O2S. The molecule has 0 bridgehead atoms. The van der Waals surface area contributed by atoms with Gasteiger partial charge in [0.2, 0.25) is 0 Å². The van der Waals surface area contributed by atoms with Crippen LogP contribution in [0, 0.1) is 0 Å². The summed E-state index contributed by atoms with van der Waals surface area (Å²) in [5, 5.41) is 8.11. The molecule has 0 saturated carbocycles. The predicted octanol–water partition coefficient (Wildman–Crippen LogP) is 3.91. The van der Waals surface area contributed by atoms with Crippen LogP contribution in [-0.2, 0) is 6.61 Å². The molecule has 5 nitrogen and oxygen atoms in total. The van der Waals surface area contributed by atoms with Crippen molar-refractivity contribution in [2.75, 3.05) is 13.7 Å². The summed E-state index contributed by atoms with van der Waals surface area (Å²) in [5.74, 6) is 1.18. The molecule has 0 saturated heterocycles. The largest absolute Gasteiger partial charge is 0.493 e. The van der Waals surface area contributed by atoms with Gasteiger partial charge in [-0.1, -0.05) is 41.9 Å². The van der Waals surface area contributed by atoms with Gasteiger partial charge in [-0.25, -0.2) is 0 Å². The fourth-order valence-electron chi connectivity index (χ4n) is 2.08. The number of benzene rings is 2. The Labute approximate surface area is 163 Å². The van der Waals surface area contributed by atoms with Gasteiger partial charge in [0.25, 0.3) is 0 Å². The summed E-state index contributed by atoms with van der Waals surface area (Å²) in [6.45, 7) is 4.49. The molecule has 2 aromatic carbocycles. The minimum absolute atomic E-state index is 0.313. The Morgan fingerprint density at radius 2 is 2.08 bits per heavy atom. The van der Waals surface area contributed by atoms with E-state index >= 15 is 0 Å². The monoisotopic (exact) mass is 389 g/mol. The number of thiocarbonyl (C=S) groups is 1. The van der Waals surface area contributed by atoms with Crippen LogP contribution in [-0.4, -0.2) is 25.0 Å². The van der Waals surface area contributed by atoms with E-state index in [1.54, 1.807) is 19.4 Å². The van der Waals surface area contributed by atoms with E-state index in [4.69, 9.17) is 33.3 Å². The predicted molar refractivity (Wildman–Crippen MR) is 110 cm³/mol. The van der Waals surface area contributed by atoms with Gasteiger partial charge in [0.15, 0.2) is 16.6 Å². The van der Waals surface area contributed by atoms with E-state index in [1.807, 2.05) is 42.5 Å². The maximum absolute atomic E-state index is 6.19. The van der Waals surface area contributed by atoms with Crippen LogP contribution < -0.4 is 20.2 Å². The Balaban J connectivity index is 2.13. The summed E-state index contributed by atoms with van der Waals surface area (Å²) in [4.78, 5) is 0. The third-order valence-electron chi connectivity index (χ3n) is 3.34. The quantitative estimate of drug-likeness (QED) is 0.310. The van der Waals surface area contributed by atoms with E-state index in [9.17, 15) is 0 Å². The van der Waals surface area contributed by atoms with Gasteiger partial charge in [0.05, 0.1) is 13.3 Å². The molecule has 0 fully saturated rings. The van der Waals surface area contributed by atoms with Gasteiger partial charge < -0.3 is 14.8 Å². The summed E-state index contributed by atoms with van der Waals surface area (Å²) < 4.78 is 11.4. The molecular weight excluding hydrogens is 370 g/mol.